The van der Waals surface area contributed by atoms with Crippen LogP contribution in [0.3, 0.4) is 0 Å². The summed E-state index contributed by atoms with van der Waals surface area (Å²) in [5.74, 6) is -0.403. The molecule has 0 radical (unpaired) electrons. The van der Waals surface area contributed by atoms with E-state index in [1.165, 1.54) is 21.8 Å². The van der Waals surface area contributed by atoms with Crippen LogP contribution in [-0.4, -0.2) is 51.1 Å². The Kier molecular flexibility index (Phi) is 6.66. The van der Waals surface area contributed by atoms with Crippen molar-refractivity contribution in [1.82, 2.24) is 25.4 Å². The van der Waals surface area contributed by atoms with Crippen molar-refractivity contribution >= 4 is 40.1 Å². The van der Waals surface area contributed by atoms with Crippen molar-refractivity contribution in [3.8, 4) is 17.2 Å². The largest absolute Gasteiger partial charge is 0.454 e. The van der Waals surface area contributed by atoms with Crippen molar-refractivity contribution in [3.05, 3.63) is 95.1 Å². The molecule has 5 N–H and O–H groups in total. The van der Waals surface area contributed by atoms with Crippen LogP contribution in [0, 0.1) is 19.7 Å². The zero-order chi connectivity index (χ0) is 31.5. The molecule has 2 saturated heterocycles. The first-order chi connectivity index (χ1) is 21.6. The van der Waals surface area contributed by atoms with E-state index in [0.717, 1.165) is 16.5 Å². The van der Waals surface area contributed by atoms with Crippen LogP contribution in [-0.2, 0) is 4.79 Å². The molecule has 1 spiro atoms. The molecule has 7 rings (SSSR count). The normalized spacial score (nSPS) is 16.0. The Morgan fingerprint density at radius 2 is 1.76 bits per heavy atom. The zero-order valence-corrected chi connectivity index (χ0v) is 24.6. The van der Waals surface area contributed by atoms with Crippen LogP contribution in [0.15, 0.2) is 66.9 Å². The lowest BCUT2D eigenvalue weighted by atomic mass is 9.88. The van der Waals surface area contributed by atoms with Crippen LogP contribution >= 0.6 is 0 Å². The van der Waals surface area contributed by atoms with Gasteiger partial charge in [0.1, 0.15) is 17.1 Å². The fraction of sp³-hybridized carbons (Fsp3) is 0.212. The minimum absolute atomic E-state index is 0.109. The van der Waals surface area contributed by atoms with E-state index in [1.807, 2.05) is 19.9 Å². The molecule has 11 nitrogen and oxygen atoms in total. The van der Waals surface area contributed by atoms with Gasteiger partial charge in [-0.05, 0) is 99.4 Å². The van der Waals surface area contributed by atoms with Gasteiger partial charge in [-0.2, -0.15) is 5.10 Å². The lowest BCUT2D eigenvalue weighted by Gasteiger charge is -2.31. The predicted octanol–water partition coefficient (Wildman–Crippen LogP) is 4.89. The van der Waals surface area contributed by atoms with Crippen molar-refractivity contribution in [1.29, 1.82) is 0 Å². The topological polar surface area (TPSA) is 147 Å². The fourth-order valence-electron chi connectivity index (χ4n) is 6.13. The molecule has 45 heavy (non-hydrogen) atoms. The van der Waals surface area contributed by atoms with Gasteiger partial charge >= 0.3 is 6.03 Å². The molecule has 2 aliphatic heterocycles. The Balaban J connectivity index is 1.15. The maximum Gasteiger partial charge on any atom is 0.329 e. The number of ketones is 1. The average molecular weight is 608 g/mol. The number of hydrogen-bond acceptors (Lipinski definition) is 7. The summed E-state index contributed by atoms with van der Waals surface area (Å²) in [6.07, 6.45) is 2.46. The number of amides is 3. The van der Waals surface area contributed by atoms with Gasteiger partial charge in [-0.15, -0.1) is 0 Å². The molecule has 2 aliphatic rings. The number of halogens is 1. The summed E-state index contributed by atoms with van der Waals surface area (Å²) in [7, 11) is 0. The van der Waals surface area contributed by atoms with Gasteiger partial charge in [-0.1, -0.05) is 12.1 Å². The molecule has 0 aliphatic carbocycles. The van der Waals surface area contributed by atoms with Gasteiger partial charge in [0, 0.05) is 10.9 Å². The first-order valence-electron chi connectivity index (χ1n) is 14.6. The smallest absolute Gasteiger partial charge is 0.329 e. The van der Waals surface area contributed by atoms with Crippen LogP contribution in [0.1, 0.15) is 40.0 Å². The Hall–Kier alpha value is -5.49. The van der Waals surface area contributed by atoms with Crippen LogP contribution in [0.4, 0.5) is 20.7 Å². The minimum atomic E-state index is -0.899. The average Bonchev–Trinajstić information content (AvgIpc) is 3.67. The van der Waals surface area contributed by atoms with Crippen molar-refractivity contribution in [2.24, 2.45) is 0 Å². The SMILES string of the molecule is Cc1cc2cc(C(=O)c3cnn(-c4ccc(Oc5ccccc5F)cc4C)c3N)[nH]c2cc1N1C(=O)NC2(CCNCC2)C1=O. The number of hydrogen-bond donors (Lipinski definition) is 4. The molecule has 0 atom stereocenters. The first kappa shape index (κ1) is 28.3. The maximum absolute atomic E-state index is 14.0. The van der Waals surface area contributed by atoms with Crippen molar-refractivity contribution in [2.75, 3.05) is 23.7 Å². The number of nitrogens with zero attached hydrogens (tertiary/aromatic N) is 3. The summed E-state index contributed by atoms with van der Waals surface area (Å²) in [4.78, 5) is 44.5. The van der Waals surface area contributed by atoms with E-state index in [0.29, 0.717) is 48.6 Å². The first-order valence-corrected chi connectivity index (χ1v) is 14.6. The van der Waals surface area contributed by atoms with Gasteiger partial charge in [0.25, 0.3) is 5.91 Å². The monoisotopic (exact) mass is 607 g/mol. The molecular formula is C33H30FN7O4. The Morgan fingerprint density at radius 3 is 2.51 bits per heavy atom. The molecule has 5 aromatic rings. The number of para-hydroxylation sites is 1. The maximum atomic E-state index is 14.0. The molecule has 2 aromatic heterocycles. The highest BCUT2D eigenvalue weighted by Gasteiger charge is 2.52. The third-order valence-electron chi connectivity index (χ3n) is 8.55. The number of carbonyl (C=O) groups excluding carboxylic acids is 3. The van der Waals surface area contributed by atoms with E-state index >= 15 is 0 Å². The summed E-state index contributed by atoms with van der Waals surface area (Å²) in [5.41, 5.74) is 9.18. The molecule has 0 unspecified atom stereocenters. The number of nitrogens with two attached hydrogens (primary N) is 1. The van der Waals surface area contributed by atoms with Crippen LogP contribution in [0.25, 0.3) is 16.6 Å². The molecular weight excluding hydrogens is 577 g/mol. The van der Waals surface area contributed by atoms with E-state index in [9.17, 15) is 18.8 Å². The number of ether oxygens (including phenoxy) is 1. The highest BCUT2D eigenvalue weighted by molar-refractivity contribution is 6.24. The number of anilines is 2. The number of benzene rings is 3. The number of fused-ring (bicyclic) bond motifs is 1. The third-order valence-corrected chi connectivity index (χ3v) is 8.55. The molecule has 3 aromatic carbocycles. The number of carbonyl (C=O) groups is 3. The van der Waals surface area contributed by atoms with Crippen molar-refractivity contribution in [2.45, 2.75) is 32.2 Å². The molecule has 0 saturated carbocycles. The number of urea groups is 1. The fourth-order valence-corrected chi connectivity index (χ4v) is 6.13. The van der Waals surface area contributed by atoms with E-state index in [1.54, 1.807) is 48.5 Å². The van der Waals surface area contributed by atoms with Gasteiger partial charge < -0.3 is 26.1 Å². The molecule has 12 heteroatoms. The number of piperidine rings is 1. The summed E-state index contributed by atoms with van der Waals surface area (Å²) in [6.45, 7) is 4.96. The van der Waals surface area contributed by atoms with Crippen LogP contribution in [0.2, 0.25) is 0 Å². The van der Waals surface area contributed by atoms with E-state index in [2.05, 4.69) is 20.7 Å². The number of imide groups is 1. The Bertz CT molecular complexity index is 2020. The predicted molar refractivity (Wildman–Crippen MR) is 167 cm³/mol. The third kappa shape index (κ3) is 4.70. The van der Waals surface area contributed by atoms with Gasteiger partial charge in [0.05, 0.1) is 28.8 Å². The standard InChI is InChI=1S/C33H30FN7O4/c1-18-13-20-15-25(38-24(20)16-27(18)40-31(43)33(39-32(40)44)9-11-36-12-10-33)29(42)22-17-37-41(30(22)35)26-8-7-21(14-19(26)2)45-28-6-4-3-5-23(28)34/h3-8,13-17,36,38H,9-12,35H2,1-2H3,(H,39,44). The number of nitrogen functional groups attached to an aromatic ring is 1. The second-order valence-corrected chi connectivity index (χ2v) is 11.5. The number of aryl methyl sites for hydroxylation is 2. The molecule has 3 amide bonds. The highest BCUT2D eigenvalue weighted by Crippen LogP contribution is 2.35. The second kappa shape index (κ2) is 10.6. The molecule has 4 heterocycles. The van der Waals surface area contributed by atoms with Gasteiger partial charge in [-0.25, -0.2) is 18.8 Å². The quantitative estimate of drug-likeness (QED) is 0.159. The Labute approximate surface area is 257 Å². The second-order valence-electron chi connectivity index (χ2n) is 11.5. The lowest BCUT2D eigenvalue weighted by Crippen LogP contribution is -2.53. The van der Waals surface area contributed by atoms with E-state index in [4.69, 9.17) is 10.5 Å². The Morgan fingerprint density at radius 1 is 1.00 bits per heavy atom. The van der Waals surface area contributed by atoms with Gasteiger partial charge in [0.15, 0.2) is 11.6 Å². The number of nitrogens with one attached hydrogen (secondary N) is 3. The molecule has 2 fully saturated rings. The molecule has 228 valence electrons. The zero-order valence-electron chi connectivity index (χ0n) is 24.6. The van der Waals surface area contributed by atoms with Crippen molar-refractivity contribution < 1.29 is 23.5 Å². The van der Waals surface area contributed by atoms with E-state index in [-0.39, 0.29) is 34.5 Å². The number of aromatic nitrogens is 3. The lowest BCUT2D eigenvalue weighted by molar-refractivity contribution is -0.122. The van der Waals surface area contributed by atoms with Gasteiger partial charge in [-0.3, -0.25) is 9.59 Å². The number of rotatable bonds is 6. The van der Waals surface area contributed by atoms with E-state index < -0.39 is 17.4 Å². The van der Waals surface area contributed by atoms with Crippen molar-refractivity contribution in [3.63, 3.8) is 0 Å². The van der Waals surface area contributed by atoms with Gasteiger partial charge in [0.2, 0.25) is 5.78 Å². The van der Waals surface area contributed by atoms with Crippen LogP contribution in [0.5, 0.6) is 11.5 Å². The summed E-state index contributed by atoms with van der Waals surface area (Å²) < 4.78 is 21.2. The minimum Gasteiger partial charge on any atom is -0.454 e. The summed E-state index contributed by atoms with van der Waals surface area (Å²) in [5, 5.41) is 11.3. The number of H-pyrrole nitrogens is 1. The highest BCUT2D eigenvalue weighted by atomic mass is 19.1. The van der Waals surface area contributed by atoms with Crippen LogP contribution < -0.4 is 26.0 Å². The number of aromatic amines is 1. The summed E-state index contributed by atoms with van der Waals surface area (Å²) in [6, 6.07) is 16.1. The summed E-state index contributed by atoms with van der Waals surface area (Å²) >= 11 is 0. The molecule has 0 bridgehead atoms.